The van der Waals surface area contributed by atoms with Gasteiger partial charge in [-0.3, -0.25) is 4.79 Å². The zero-order valence-electron chi connectivity index (χ0n) is 9.19. The van der Waals surface area contributed by atoms with Crippen LogP contribution in [0.1, 0.15) is 32.1 Å². The minimum absolute atomic E-state index is 0.233. The van der Waals surface area contributed by atoms with E-state index in [-0.39, 0.29) is 5.97 Å². The largest absolute Gasteiger partial charge is 0.469 e. The highest BCUT2D eigenvalue weighted by molar-refractivity contribution is 5.74. The number of carbonyl (C=O) groups excluding carboxylic acids is 2. The van der Waals surface area contributed by atoms with E-state index in [1.807, 2.05) is 0 Å². The number of unbranched alkanes of at least 4 members (excludes halogenated alkanes) is 2. The van der Waals surface area contributed by atoms with E-state index in [0.29, 0.717) is 25.7 Å². The van der Waals surface area contributed by atoms with E-state index in [2.05, 4.69) is 9.47 Å². The third-order valence-corrected chi connectivity index (χ3v) is 2.06. The van der Waals surface area contributed by atoms with Gasteiger partial charge in [0.05, 0.1) is 14.2 Å². The molecule has 0 aromatic heterocycles. The van der Waals surface area contributed by atoms with Gasteiger partial charge < -0.3 is 14.6 Å². The molecule has 1 atom stereocenters. The summed E-state index contributed by atoms with van der Waals surface area (Å²) in [7, 11) is 2.59. The predicted octanol–water partition coefficient (Wildman–Crippen LogP) is 0.644. The Labute approximate surface area is 89.4 Å². The molecule has 0 saturated heterocycles. The second-order valence-electron chi connectivity index (χ2n) is 3.21. The van der Waals surface area contributed by atoms with Crippen LogP contribution >= 0.6 is 0 Å². The Morgan fingerprint density at radius 1 is 1.13 bits per heavy atom. The maximum atomic E-state index is 10.8. The lowest BCUT2D eigenvalue weighted by molar-refractivity contribution is -0.150. The minimum atomic E-state index is -1.05. The molecule has 0 fully saturated rings. The number of esters is 2. The summed E-state index contributed by atoms with van der Waals surface area (Å²) < 4.78 is 8.83. The Morgan fingerprint density at radius 3 is 2.33 bits per heavy atom. The molecule has 0 aromatic rings. The molecular weight excluding hydrogens is 200 g/mol. The van der Waals surface area contributed by atoms with Crippen molar-refractivity contribution in [2.24, 2.45) is 0 Å². The van der Waals surface area contributed by atoms with Crippen molar-refractivity contribution in [3.05, 3.63) is 0 Å². The average molecular weight is 218 g/mol. The van der Waals surface area contributed by atoms with Crippen molar-refractivity contribution in [1.29, 1.82) is 0 Å². The summed E-state index contributed by atoms with van der Waals surface area (Å²) in [6.45, 7) is 0. The van der Waals surface area contributed by atoms with Gasteiger partial charge in [-0.15, -0.1) is 0 Å². The summed E-state index contributed by atoms with van der Waals surface area (Å²) in [4.78, 5) is 21.5. The molecule has 0 bridgehead atoms. The number of aliphatic hydroxyl groups is 1. The Balaban J connectivity index is 3.38. The van der Waals surface area contributed by atoms with Gasteiger partial charge in [-0.1, -0.05) is 12.8 Å². The Morgan fingerprint density at radius 2 is 1.80 bits per heavy atom. The molecule has 1 N–H and O–H groups in total. The summed E-state index contributed by atoms with van der Waals surface area (Å²) in [5.41, 5.74) is 0. The number of carbonyl (C=O) groups is 2. The molecule has 0 heterocycles. The zero-order valence-corrected chi connectivity index (χ0v) is 9.19. The first-order valence-electron chi connectivity index (χ1n) is 4.94. The fourth-order valence-electron chi connectivity index (χ4n) is 1.14. The minimum Gasteiger partial charge on any atom is -0.469 e. The number of hydrogen-bond acceptors (Lipinski definition) is 5. The van der Waals surface area contributed by atoms with Gasteiger partial charge >= 0.3 is 11.9 Å². The van der Waals surface area contributed by atoms with Crippen molar-refractivity contribution in [3.8, 4) is 0 Å². The molecule has 0 radical (unpaired) electrons. The molecule has 15 heavy (non-hydrogen) atoms. The number of ether oxygens (including phenoxy) is 2. The van der Waals surface area contributed by atoms with Gasteiger partial charge in [0.25, 0.3) is 0 Å². The maximum Gasteiger partial charge on any atom is 0.334 e. The van der Waals surface area contributed by atoms with E-state index in [4.69, 9.17) is 0 Å². The van der Waals surface area contributed by atoms with Crippen LogP contribution in [0, 0.1) is 0 Å². The van der Waals surface area contributed by atoms with Crippen LogP contribution in [0.5, 0.6) is 0 Å². The van der Waals surface area contributed by atoms with Crippen molar-refractivity contribution in [2.75, 3.05) is 14.2 Å². The second kappa shape index (κ2) is 8.23. The van der Waals surface area contributed by atoms with E-state index in [0.717, 1.165) is 6.42 Å². The molecule has 0 saturated carbocycles. The van der Waals surface area contributed by atoms with Crippen LogP contribution in [-0.2, 0) is 19.1 Å². The van der Waals surface area contributed by atoms with Crippen LogP contribution in [-0.4, -0.2) is 37.4 Å². The third-order valence-electron chi connectivity index (χ3n) is 2.06. The fourth-order valence-corrected chi connectivity index (χ4v) is 1.14. The van der Waals surface area contributed by atoms with E-state index < -0.39 is 12.1 Å². The highest BCUT2D eigenvalue weighted by atomic mass is 16.5. The SMILES string of the molecule is COC(=O)CCCCCC(O)C(=O)OC. The van der Waals surface area contributed by atoms with Crippen LogP contribution < -0.4 is 0 Å². The number of rotatable bonds is 7. The van der Waals surface area contributed by atoms with Gasteiger partial charge in [0, 0.05) is 6.42 Å². The molecule has 1 unspecified atom stereocenters. The van der Waals surface area contributed by atoms with Gasteiger partial charge in [-0.25, -0.2) is 4.79 Å². The number of hydrogen-bond donors (Lipinski definition) is 1. The van der Waals surface area contributed by atoms with Crippen molar-refractivity contribution in [1.82, 2.24) is 0 Å². The standard InChI is InChI=1S/C10H18O5/c1-14-9(12)7-5-3-4-6-8(11)10(13)15-2/h8,11H,3-7H2,1-2H3. The molecule has 0 rings (SSSR count). The topological polar surface area (TPSA) is 72.8 Å². The average Bonchev–Trinajstić information content (AvgIpc) is 2.26. The first-order chi connectivity index (χ1) is 7.11. The summed E-state index contributed by atoms with van der Waals surface area (Å²) in [6, 6.07) is 0. The monoisotopic (exact) mass is 218 g/mol. The van der Waals surface area contributed by atoms with Crippen LogP contribution in [0.2, 0.25) is 0 Å². The maximum absolute atomic E-state index is 10.8. The molecule has 0 aromatic carbocycles. The molecule has 5 nitrogen and oxygen atoms in total. The molecule has 0 aliphatic heterocycles. The zero-order chi connectivity index (χ0) is 11.7. The number of aliphatic hydroxyl groups excluding tert-OH is 1. The molecule has 0 spiro atoms. The smallest absolute Gasteiger partial charge is 0.334 e. The van der Waals surface area contributed by atoms with E-state index in [1.54, 1.807) is 0 Å². The van der Waals surface area contributed by atoms with Gasteiger partial charge in [-0.2, -0.15) is 0 Å². The highest BCUT2D eigenvalue weighted by Crippen LogP contribution is 2.07. The Kier molecular flexibility index (Phi) is 7.62. The van der Waals surface area contributed by atoms with Crippen LogP contribution in [0.3, 0.4) is 0 Å². The van der Waals surface area contributed by atoms with Crippen LogP contribution in [0.25, 0.3) is 0 Å². The molecule has 0 aliphatic rings. The fraction of sp³-hybridized carbons (Fsp3) is 0.800. The first kappa shape index (κ1) is 13.9. The summed E-state index contributed by atoms with van der Waals surface area (Å²) >= 11 is 0. The Hall–Kier alpha value is -1.10. The van der Waals surface area contributed by atoms with E-state index in [1.165, 1.54) is 14.2 Å². The third kappa shape index (κ3) is 6.90. The van der Waals surface area contributed by atoms with Crippen LogP contribution in [0.15, 0.2) is 0 Å². The molecular formula is C10H18O5. The van der Waals surface area contributed by atoms with Gasteiger partial charge in [0.15, 0.2) is 6.10 Å². The molecule has 0 amide bonds. The summed E-state index contributed by atoms with van der Waals surface area (Å²) in [6.07, 6.45) is 1.88. The quantitative estimate of drug-likeness (QED) is 0.501. The number of methoxy groups -OCH3 is 2. The highest BCUT2D eigenvalue weighted by Gasteiger charge is 2.14. The normalized spacial score (nSPS) is 11.9. The van der Waals surface area contributed by atoms with Crippen molar-refractivity contribution >= 4 is 11.9 Å². The van der Waals surface area contributed by atoms with E-state index in [9.17, 15) is 14.7 Å². The molecule has 5 heteroatoms. The van der Waals surface area contributed by atoms with Crippen molar-refractivity contribution < 1.29 is 24.2 Å². The van der Waals surface area contributed by atoms with Crippen LogP contribution in [0.4, 0.5) is 0 Å². The lowest BCUT2D eigenvalue weighted by atomic mass is 10.1. The lowest BCUT2D eigenvalue weighted by Crippen LogP contribution is -2.21. The van der Waals surface area contributed by atoms with Crippen molar-refractivity contribution in [2.45, 2.75) is 38.2 Å². The van der Waals surface area contributed by atoms with Gasteiger partial charge in [-0.05, 0) is 12.8 Å². The molecule has 88 valence electrons. The van der Waals surface area contributed by atoms with E-state index >= 15 is 0 Å². The summed E-state index contributed by atoms with van der Waals surface area (Å²) in [5.74, 6) is -0.841. The predicted molar refractivity (Wildman–Crippen MR) is 53.1 cm³/mol. The first-order valence-corrected chi connectivity index (χ1v) is 4.94. The lowest BCUT2D eigenvalue weighted by Gasteiger charge is -2.07. The second-order valence-corrected chi connectivity index (χ2v) is 3.21. The molecule has 0 aliphatic carbocycles. The summed E-state index contributed by atoms with van der Waals surface area (Å²) in [5, 5.41) is 9.21. The van der Waals surface area contributed by atoms with Gasteiger partial charge in [0.2, 0.25) is 0 Å². The Bertz CT molecular complexity index is 202. The van der Waals surface area contributed by atoms with Gasteiger partial charge in [0.1, 0.15) is 0 Å². The van der Waals surface area contributed by atoms with Crippen molar-refractivity contribution in [3.63, 3.8) is 0 Å².